The summed E-state index contributed by atoms with van der Waals surface area (Å²) in [6.45, 7) is 2.95. The Hall–Kier alpha value is -1.70. The molecule has 20 heavy (non-hydrogen) atoms. The maximum Gasteiger partial charge on any atom is 0.417 e. The summed E-state index contributed by atoms with van der Waals surface area (Å²) in [5.41, 5.74) is -0.629. The van der Waals surface area contributed by atoms with Gasteiger partial charge in [-0.2, -0.15) is 18.4 Å². The Labute approximate surface area is 116 Å². The van der Waals surface area contributed by atoms with E-state index in [0.29, 0.717) is 17.5 Å². The second kappa shape index (κ2) is 5.74. The number of nitrogens with zero attached hydrogens (tertiary/aromatic N) is 1. The highest BCUT2D eigenvalue weighted by molar-refractivity contribution is 5.53. The summed E-state index contributed by atoms with van der Waals surface area (Å²) in [5, 5.41) is 12.0. The third kappa shape index (κ3) is 3.24. The molecule has 1 fully saturated rings. The fraction of sp³-hybridized carbons (Fsp3) is 0.533. The fourth-order valence-electron chi connectivity index (χ4n) is 2.77. The van der Waals surface area contributed by atoms with Gasteiger partial charge in [0, 0.05) is 12.2 Å². The monoisotopic (exact) mass is 282 g/mol. The molecule has 5 heteroatoms. The van der Waals surface area contributed by atoms with Crippen molar-refractivity contribution in [2.45, 2.75) is 32.4 Å². The van der Waals surface area contributed by atoms with Gasteiger partial charge < -0.3 is 5.32 Å². The second-order valence-corrected chi connectivity index (χ2v) is 5.42. The summed E-state index contributed by atoms with van der Waals surface area (Å²) < 4.78 is 38.0. The molecule has 1 N–H and O–H groups in total. The first-order valence-electron chi connectivity index (χ1n) is 6.77. The topological polar surface area (TPSA) is 35.8 Å². The Morgan fingerprint density at radius 2 is 2.10 bits per heavy atom. The number of hydrogen-bond acceptors (Lipinski definition) is 2. The van der Waals surface area contributed by atoms with Crippen LogP contribution in [0, 0.1) is 23.2 Å². The van der Waals surface area contributed by atoms with Gasteiger partial charge in [0.15, 0.2) is 0 Å². The van der Waals surface area contributed by atoms with Gasteiger partial charge in [0.05, 0.1) is 17.2 Å². The Balaban J connectivity index is 2.08. The maximum absolute atomic E-state index is 12.7. The van der Waals surface area contributed by atoms with Crippen LogP contribution in [0.5, 0.6) is 0 Å². The predicted octanol–water partition coefficient (Wildman–Crippen LogP) is 4.43. The Morgan fingerprint density at radius 1 is 1.35 bits per heavy atom. The summed E-state index contributed by atoms with van der Waals surface area (Å²) in [7, 11) is 0. The highest BCUT2D eigenvalue weighted by Gasteiger charge is 2.33. The van der Waals surface area contributed by atoms with Crippen molar-refractivity contribution in [3.63, 3.8) is 0 Å². The van der Waals surface area contributed by atoms with Crippen LogP contribution < -0.4 is 5.32 Å². The van der Waals surface area contributed by atoms with Crippen molar-refractivity contribution in [3.05, 3.63) is 29.3 Å². The third-order valence-corrected chi connectivity index (χ3v) is 4.05. The minimum atomic E-state index is -4.48. The molecule has 0 heterocycles. The zero-order valence-electron chi connectivity index (χ0n) is 11.3. The van der Waals surface area contributed by atoms with Crippen molar-refractivity contribution in [3.8, 4) is 6.07 Å². The van der Waals surface area contributed by atoms with E-state index in [1.165, 1.54) is 25.0 Å². The predicted molar refractivity (Wildman–Crippen MR) is 71.2 cm³/mol. The molecule has 0 radical (unpaired) electrons. The summed E-state index contributed by atoms with van der Waals surface area (Å²) in [6, 6.07) is 5.26. The van der Waals surface area contributed by atoms with Crippen molar-refractivity contribution < 1.29 is 13.2 Å². The molecular formula is C15H17F3N2. The van der Waals surface area contributed by atoms with E-state index in [4.69, 9.17) is 5.26 Å². The van der Waals surface area contributed by atoms with Gasteiger partial charge in [-0.1, -0.05) is 19.8 Å². The van der Waals surface area contributed by atoms with Crippen LogP contribution in [-0.4, -0.2) is 6.54 Å². The van der Waals surface area contributed by atoms with Crippen molar-refractivity contribution in [2.24, 2.45) is 11.8 Å². The van der Waals surface area contributed by atoms with Gasteiger partial charge >= 0.3 is 6.18 Å². The molecule has 108 valence electrons. The van der Waals surface area contributed by atoms with Gasteiger partial charge in [-0.05, 0) is 36.5 Å². The van der Waals surface area contributed by atoms with Crippen molar-refractivity contribution >= 4 is 5.69 Å². The zero-order valence-corrected chi connectivity index (χ0v) is 11.3. The molecule has 1 saturated carbocycles. The number of hydrogen-bond donors (Lipinski definition) is 1. The van der Waals surface area contributed by atoms with Crippen LogP contribution in [0.1, 0.15) is 37.3 Å². The molecule has 0 aliphatic heterocycles. The largest absolute Gasteiger partial charge is 0.417 e. The van der Waals surface area contributed by atoms with Gasteiger partial charge in [-0.25, -0.2) is 0 Å². The van der Waals surface area contributed by atoms with E-state index in [0.717, 1.165) is 19.0 Å². The van der Waals surface area contributed by atoms with E-state index < -0.39 is 11.7 Å². The van der Waals surface area contributed by atoms with Crippen LogP contribution in [0.2, 0.25) is 0 Å². The molecule has 0 aromatic heterocycles. The van der Waals surface area contributed by atoms with Crippen LogP contribution in [0.15, 0.2) is 18.2 Å². The average molecular weight is 282 g/mol. The lowest BCUT2D eigenvalue weighted by atomic mass is 9.98. The molecule has 1 aliphatic carbocycles. The number of nitriles is 1. The normalized spacial score (nSPS) is 22.6. The third-order valence-electron chi connectivity index (χ3n) is 4.05. The van der Waals surface area contributed by atoms with E-state index in [1.807, 2.05) is 0 Å². The zero-order chi connectivity index (χ0) is 14.8. The van der Waals surface area contributed by atoms with Gasteiger partial charge in [0.2, 0.25) is 0 Å². The van der Waals surface area contributed by atoms with Crippen LogP contribution in [0.4, 0.5) is 18.9 Å². The van der Waals surface area contributed by atoms with Crippen LogP contribution >= 0.6 is 0 Å². The first-order chi connectivity index (χ1) is 9.41. The fourth-order valence-corrected chi connectivity index (χ4v) is 2.77. The molecular weight excluding hydrogens is 265 g/mol. The molecule has 0 saturated heterocycles. The lowest BCUT2D eigenvalue weighted by Crippen LogP contribution is -2.17. The van der Waals surface area contributed by atoms with E-state index in [9.17, 15) is 13.2 Å². The smallest absolute Gasteiger partial charge is 0.385 e. The molecule has 0 amide bonds. The quantitative estimate of drug-likeness (QED) is 0.890. The molecule has 0 spiro atoms. The standard InChI is InChI=1S/C15H17F3N2/c1-10-3-2-4-11(10)9-20-13-5-6-14(15(16,17)18)12(7-13)8-19/h5-7,10-11,20H,2-4,9H2,1H3. The first kappa shape index (κ1) is 14.7. The molecule has 0 bridgehead atoms. The lowest BCUT2D eigenvalue weighted by molar-refractivity contribution is -0.137. The summed E-state index contributed by atoms with van der Waals surface area (Å²) in [5.74, 6) is 1.20. The molecule has 2 rings (SSSR count). The minimum Gasteiger partial charge on any atom is -0.385 e. The van der Waals surface area contributed by atoms with Crippen molar-refractivity contribution in [1.29, 1.82) is 5.26 Å². The Bertz CT molecular complexity index is 517. The molecule has 1 aromatic carbocycles. The highest BCUT2D eigenvalue weighted by atomic mass is 19.4. The Kier molecular flexibility index (Phi) is 4.22. The average Bonchev–Trinajstić information content (AvgIpc) is 2.80. The van der Waals surface area contributed by atoms with Crippen LogP contribution in [0.3, 0.4) is 0 Å². The highest BCUT2D eigenvalue weighted by Crippen LogP contribution is 2.34. The first-order valence-corrected chi connectivity index (χ1v) is 6.77. The number of benzene rings is 1. The number of alkyl halides is 3. The molecule has 2 nitrogen and oxygen atoms in total. The number of anilines is 1. The maximum atomic E-state index is 12.7. The summed E-state index contributed by atoms with van der Waals surface area (Å²) >= 11 is 0. The van der Waals surface area contributed by atoms with Crippen LogP contribution in [0.25, 0.3) is 0 Å². The van der Waals surface area contributed by atoms with Crippen LogP contribution in [-0.2, 0) is 6.18 Å². The van der Waals surface area contributed by atoms with E-state index in [2.05, 4.69) is 12.2 Å². The second-order valence-electron chi connectivity index (χ2n) is 5.42. The molecule has 2 unspecified atom stereocenters. The van der Waals surface area contributed by atoms with E-state index >= 15 is 0 Å². The Morgan fingerprint density at radius 3 is 2.65 bits per heavy atom. The summed E-state index contributed by atoms with van der Waals surface area (Å²) in [4.78, 5) is 0. The van der Waals surface area contributed by atoms with Crippen molar-refractivity contribution in [2.75, 3.05) is 11.9 Å². The van der Waals surface area contributed by atoms with Gasteiger partial charge in [-0.15, -0.1) is 0 Å². The number of rotatable bonds is 3. The summed E-state index contributed by atoms with van der Waals surface area (Å²) in [6.07, 6.45) is -0.907. The van der Waals surface area contributed by atoms with E-state index in [-0.39, 0.29) is 5.56 Å². The SMILES string of the molecule is CC1CCCC1CNc1ccc(C(F)(F)F)c(C#N)c1. The van der Waals surface area contributed by atoms with E-state index in [1.54, 1.807) is 6.07 Å². The molecule has 1 aromatic rings. The van der Waals surface area contributed by atoms with Gasteiger partial charge in [0.25, 0.3) is 0 Å². The lowest BCUT2D eigenvalue weighted by Gasteiger charge is -2.17. The van der Waals surface area contributed by atoms with Gasteiger partial charge in [0.1, 0.15) is 0 Å². The number of nitrogens with one attached hydrogen (secondary N) is 1. The molecule has 1 aliphatic rings. The van der Waals surface area contributed by atoms with Gasteiger partial charge in [-0.3, -0.25) is 0 Å². The number of halogens is 3. The molecule has 2 atom stereocenters. The van der Waals surface area contributed by atoms with Crippen molar-refractivity contribution in [1.82, 2.24) is 0 Å². The minimum absolute atomic E-state index is 0.332.